The van der Waals surface area contributed by atoms with Crippen LogP contribution in [0.15, 0.2) is 41.1 Å². The molecule has 0 fully saturated rings. The minimum absolute atomic E-state index is 0.122. The fraction of sp³-hybridized carbons (Fsp3) is 0.278. The largest absolute Gasteiger partial charge is 0.497 e. The Balaban J connectivity index is 1.75. The van der Waals surface area contributed by atoms with Crippen LogP contribution >= 0.6 is 11.3 Å². The molecule has 2 rings (SSSR count). The molecule has 0 spiro atoms. The quantitative estimate of drug-likeness (QED) is 0.712. The van der Waals surface area contributed by atoms with E-state index in [2.05, 4.69) is 5.32 Å². The highest BCUT2D eigenvalue weighted by Gasteiger charge is 2.15. The van der Waals surface area contributed by atoms with Gasteiger partial charge in [0.1, 0.15) is 5.75 Å². The first kappa shape index (κ1) is 19.5. The Morgan fingerprint density at radius 3 is 2.73 bits per heavy atom. The maximum Gasteiger partial charge on any atom is 0.310 e. The molecule has 0 saturated heterocycles. The van der Waals surface area contributed by atoms with Crippen LogP contribution in [-0.2, 0) is 25.5 Å². The molecule has 1 aromatic carbocycles. The molecule has 0 saturated carbocycles. The van der Waals surface area contributed by atoms with E-state index in [0.29, 0.717) is 11.4 Å². The Morgan fingerprint density at radius 2 is 2.04 bits per heavy atom. The van der Waals surface area contributed by atoms with Crippen LogP contribution in [0.1, 0.15) is 5.56 Å². The van der Waals surface area contributed by atoms with Gasteiger partial charge in [0.25, 0.3) is 5.91 Å². The van der Waals surface area contributed by atoms with Gasteiger partial charge in [-0.15, -0.1) is 0 Å². The predicted molar refractivity (Wildman–Crippen MR) is 98.2 cm³/mol. The summed E-state index contributed by atoms with van der Waals surface area (Å²) in [7, 11) is 3.01. The molecule has 26 heavy (non-hydrogen) atoms. The summed E-state index contributed by atoms with van der Waals surface area (Å²) in [5.41, 5.74) is 1.41. The Morgan fingerprint density at radius 1 is 1.23 bits per heavy atom. The van der Waals surface area contributed by atoms with Gasteiger partial charge in [0.15, 0.2) is 6.61 Å². The average molecular weight is 376 g/mol. The van der Waals surface area contributed by atoms with E-state index in [9.17, 15) is 14.4 Å². The summed E-state index contributed by atoms with van der Waals surface area (Å²) >= 11 is 1.49. The maximum atomic E-state index is 12.0. The fourth-order valence-corrected chi connectivity index (χ4v) is 2.74. The number of likely N-dealkylation sites (N-methyl/N-ethyl adjacent to an activating group) is 1. The number of carbonyl (C=O) groups excluding carboxylic acids is 3. The van der Waals surface area contributed by atoms with Crippen LogP contribution in [0.3, 0.4) is 0 Å². The molecule has 1 N–H and O–H groups in total. The minimum atomic E-state index is -0.481. The van der Waals surface area contributed by atoms with E-state index < -0.39 is 18.5 Å². The lowest BCUT2D eigenvalue weighted by molar-refractivity contribution is -0.151. The first-order valence-corrected chi connectivity index (χ1v) is 8.77. The van der Waals surface area contributed by atoms with Crippen molar-refractivity contribution in [2.75, 3.05) is 32.6 Å². The number of benzene rings is 1. The van der Waals surface area contributed by atoms with Gasteiger partial charge < -0.3 is 19.7 Å². The van der Waals surface area contributed by atoms with Crippen molar-refractivity contribution in [2.45, 2.75) is 6.42 Å². The van der Waals surface area contributed by atoms with E-state index in [1.165, 1.54) is 30.4 Å². The van der Waals surface area contributed by atoms with Crippen molar-refractivity contribution in [1.82, 2.24) is 4.90 Å². The summed E-state index contributed by atoms with van der Waals surface area (Å²) in [6.07, 6.45) is 0.122. The molecule has 0 unspecified atom stereocenters. The molecule has 8 heteroatoms. The number of esters is 1. The molecule has 1 heterocycles. The Bertz CT molecular complexity index is 761. The zero-order chi connectivity index (χ0) is 18.9. The molecule has 2 amide bonds. The molecule has 7 nitrogen and oxygen atoms in total. The SMILES string of the molecule is COc1cccc(NC(=O)CN(C)C(=O)COC(=O)Cc2ccsc2)c1. The summed E-state index contributed by atoms with van der Waals surface area (Å²) < 4.78 is 10.0. The Kier molecular flexibility index (Phi) is 7.16. The molecular formula is C18H20N2O5S. The number of hydrogen-bond donors (Lipinski definition) is 1. The molecule has 138 valence electrons. The van der Waals surface area contributed by atoms with Crippen LogP contribution in [0.25, 0.3) is 0 Å². The van der Waals surface area contributed by atoms with Crippen molar-refractivity contribution in [3.8, 4) is 5.75 Å². The van der Waals surface area contributed by atoms with Crippen LogP contribution in [0.5, 0.6) is 5.75 Å². The van der Waals surface area contributed by atoms with Crippen LogP contribution in [0.4, 0.5) is 5.69 Å². The minimum Gasteiger partial charge on any atom is -0.497 e. The predicted octanol–water partition coefficient (Wildman–Crippen LogP) is 1.94. The highest BCUT2D eigenvalue weighted by Crippen LogP contribution is 2.16. The van der Waals surface area contributed by atoms with Crippen molar-refractivity contribution in [3.05, 3.63) is 46.7 Å². The highest BCUT2D eigenvalue weighted by molar-refractivity contribution is 7.08. The normalized spacial score (nSPS) is 10.1. The van der Waals surface area contributed by atoms with E-state index in [1.54, 1.807) is 24.3 Å². The molecule has 0 bridgehead atoms. The lowest BCUT2D eigenvalue weighted by Crippen LogP contribution is -2.37. The molecule has 0 aliphatic rings. The fourth-order valence-electron chi connectivity index (χ4n) is 2.07. The summed E-state index contributed by atoms with van der Waals surface area (Å²) in [5, 5.41) is 6.39. The lowest BCUT2D eigenvalue weighted by atomic mass is 10.2. The number of ether oxygens (including phenoxy) is 2. The number of methoxy groups -OCH3 is 1. The van der Waals surface area contributed by atoms with Crippen molar-refractivity contribution in [2.24, 2.45) is 0 Å². The van der Waals surface area contributed by atoms with Gasteiger partial charge in [-0.05, 0) is 34.5 Å². The van der Waals surface area contributed by atoms with Gasteiger partial charge in [-0.3, -0.25) is 14.4 Å². The Labute approximate surface area is 155 Å². The summed E-state index contributed by atoms with van der Waals surface area (Å²) in [6.45, 7) is -0.552. The smallest absolute Gasteiger partial charge is 0.310 e. The second kappa shape index (κ2) is 9.57. The number of anilines is 1. The molecule has 0 aliphatic carbocycles. The second-order valence-corrected chi connectivity index (χ2v) is 6.28. The second-order valence-electron chi connectivity index (χ2n) is 5.50. The van der Waals surface area contributed by atoms with Crippen molar-refractivity contribution in [3.63, 3.8) is 0 Å². The third-order valence-corrected chi connectivity index (χ3v) is 4.18. The zero-order valence-corrected chi connectivity index (χ0v) is 15.4. The van der Waals surface area contributed by atoms with E-state index in [4.69, 9.17) is 9.47 Å². The summed E-state index contributed by atoms with van der Waals surface area (Å²) in [4.78, 5) is 36.9. The molecule has 2 aromatic rings. The topological polar surface area (TPSA) is 84.9 Å². The van der Waals surface area contributed by atoms with Gasteiger partial charge in [0, 0.05) is 18.8 Å². The molecular weight excluding hydrogens is 356 g/mol. The molecule has 1 aromatic heterocycles. The average Bonchev–Trinajstić information content (AvgIpc) is 3.12. The monoisotopic (exact) mass is 376 g/mol. The number of carbonyl (C=O) groups is 3. The van der Waals surface area contributed by atoms with Crippen LogP contribution in [-0.4, -0.2) is 50.0 Å². The third kappa shape index (κ3) is 6.21. The number of rotatable bonds is 8. The Hall–Kier alpha value is -2.87. The van der Waals surface area contributed by atoms with Crippen LogP contribution in [0.2, 0.25) is 0 Å². The van der Waals surface area contributed by atoms with Gasteiger partial charge in [-0.2, -0.15) is 11.3 Å². The number of nitrogens with one attached hydrogen (secondary N) is 1. The van der Waals surface area contributed by atoms with Crippen molar-refractivity contribution in [1.29, 1.82) is 0 Å². The van der Waals surface area contributed by atoms with E-state index in [0.717, 1.165) is 5.56 Å². The first-order valence-electron chi connectivity index (χ1n) is 7.82. The molecule has 0 radical (unpaired) electrons. The highest BCUT2D eigenvalue weighted by atomic mass is 32.1. The van der Waals surface area contributed by atoms with Crippen molar-refractivity contribution >= 4 is 34.8 Å². The third-order valence-electron chi connectivity index (χ3n) is 3.45. The maximum absolute atomic E-state index is 12.0. The van der Waals surface area contributed by atoms with Crippen LogP contribution in [0, 0.1) is 0 Å². The van der Waals surface area contributed by atoms with Crippen molar-refractivity contribution < 1.29 is 23.9 Å². The van der Waals surface area contributed by atoms with E-state index in [-0.39, 0.29) is 18.9 Å². The van der Waals surface area contributed by atoms with Crippen LogP contribution < -0.4 is 10.1 Å². The van der Waals surface area contributed by atoms with Gasteiger partial charge in [0.2, 0.25) is 5.91 Å². The van der Waals surface area contributed by atoms with Gasteiger partial charge in [-0.1, -0.05) is 6.07 Å². The van der Waals surface area contributed by atoms with E-state index in [1.807, 2.05) is 16.8 Å². The molecule has 0 aliphatic heterocycles. The van der Waals surface area contributed by atoms with Gasteiger partial charge in [-0.25, -0.2) is 0 Å². The number of hydrogen-bond acceptors (Lipinski definition) is 6. The summed E-state index contributed by atoms with van der Waals surface area (Å²) in [5.74, 6) is -0.682. The lowest BCUT2D eigenvalue weighted by Gasteiger charge is -2.17. The first-order chi connectivity index (χ1) is 12.5. The van der Waals surface area contributed by atoms with E-state index >= 15 is 0 Å². The number of amides is 2. The summed E-state index contributed by atoms with van der Waals surface area (Å²) in [6, 6.07) is 8.72. The van der Waals surface area contributed by atoms with Gasteiger partial charge >= 0.3 is 5.97 Å². The molecule has 0 atom stereocenters. The zero-order valence-electron chi connectivity index (χ0n) is 14.6. The van der Waals surface area contributed by atoms with Gasteiger partial charge in [0.05, 0.1) is 20.1 Å². The standard InChI is InChI=1S/C18H20N2O5S/c1-20(10-16(21)19-14-4-3-5-15(9-14)24-2)17(22)11-25-18(23)8-13-6-7-26-12-13/h3-7,9,12H,8,10-11H2,1-2H3,(H,19,21). The number of thiophene rings is 1. The number of nitrogens with zero attached hydrogens (tertiary/aromatic N) is 1.